The first-order chi connectivity index (χ1) is 14.5. The molecule has 1 saturated carbocycles. The van der Waals surface area contributed by atoms with Gasteiger partial charge < -0.3 is 15.1 Å². The van der Waals surface area contributed by atoms with Crippen LogP contribution in [0, 0.1) is 17.8 Å². The molecule has 1 aliphatic carbocycles. The smallest absolute Gasteiger partial charge is 0.227 e. The number of carbonyl (C=O) groups excluding carboxylic acids is 1. The molecule has 2 fully saturated rings. The molecule has 5 unspecified atom stereocenters. The first-order valence-electron chi connectivity index (χ1n) is 11.5. The van der Waals surface area contributed by atoms with Crippen LogP contribution in [0.2, 0.25) is 10.0 Å². The number of nitrogens with zero attached hydrogens (tertiary/aromatic N) is 2. The molecule has 1 aromatic rings. The van der Waals surface area contributed by atoms with Gasteiger partial charge >= 0.3 is 0 Å². The lowest BCUT2D eigenvalue weighted by atomic mass is 9.64. The van der Waals surface area contributed by atoms with Crippen molar-refractivity contribution in [1.82, 2.24) is 9.88 Å². The molecule has 0 aromatic carbocycles. The number of aliphatic hydroxyl groups is 2. The van der Waals surface area contributed by atoms with E-state index in [9.17, 15) is 15.0 Å². The van der Waals surface area contributed by atoms with Crippen molar-refractivity contribution in [1.29, 1.82) is 0 Å². The molecule has 1 saturated heterocycles. The maximum Gasteiger partial charge on any atom is 0.227 e. The highest BCUT2D eigenvalue weighted by Gasteiger charge is 2.42. The minimum atomic E-state index is -0.823. The Bertz CT molecular complexity index is 794. The quantitative estimate of drug-likeness (QED) is 0.599. The molecule has 1 aliphatic heterocycles. The van der Waals surface area contributed by atoms with Crippen LogP contribution in [-0.2, 0) is 11.2 Å². The Morgan fingerprint density at radius 3 is 2.65 bits per heavy atom. The maximum atomic E-state index is 13.3. The fourth-order valence-corrected chi connectivity index (χ4v) is 6.27. The highest BCUT2D eigenvalue weighted by Crippen LogP contribution is 2.45. The second-order valence-corrected chi connectivity index (χ2v) is 10.9. The molecule has 7 heteroatoms. The molecule has 2 N–H and O–H groups in total. The molecule has 1 aromatic heterocycles. The second-order valence-electron chi connectivity index (χ2n) is 10.1. The number of hydrogen-bond acceptors (Lipinski definition) is 4. The van der Waals surface area contributed by atoms with E-state index in [-0.39, 0.29) is 23.4 Å². The first kappa shape index (κ1) is 24.8. The minimum Gasteiger partial charge on any atom is -0.390 e. The zero-order valence-corrected chi connectivity index (χ0v) is 20.6. The fourth-order valence-electron chi connectivity index (χ4n) is 5.64. The number of piperidine rings is 1. The molecule has 2 aliphatic rings. The molecular weight excluding hydrogens is 435 g/mol. The third-order valence-electron chi connectivity index (χ3n) is 7.35. The SMILES string of the molecule is CC(O)c1ncc(Cl)c(CC(=O)N2CCC3C(CCC(C)(C)O)CCCC3C2C)c1Cl. The van der Waals surface area contributed by atoms with Crippen LogP contribution >= 0.6 is 23.2 Å². The summed E-state index contributed by atoms with van der Waals surface area (Å²) in [4.78, 5) is 19.4. The lowest BCUT2D eigenvalue weighted by Crippen LogP contribution is -2.53. The Morgan fingerprint density at radius 2 is 2.00 bits per heavy atom. The first-order valence-corrected chi connectivity index (χ1v) is 12.3. The molecule has 5 nitrogen and oxygen atoms in total. The molecule has 174 valence electrons. The molecule has 3 rings (SSSR count). The van der Waals surface area contributed by atoms with Crippen LogP contribution in [0.1, 0.15) is 83.6 Å². The van der Waals surface area contributed by atoms with Gasteiger partial charge in [-0.15, -0.1) is 0 Å². The largest absolute Gasteiger partial charge is 0.390 e. The van der Waals surface area contributed by atoms with Gasteiger partial charge in [0.25, 0.3) is 0 Å². The monoisotopic (exact) mass is 470 g/mol. The van der Waals surface area contributed by atoms with Crippen molar-refractivity contribution < 1.29 is 15.0 Å². The molecule has 0 bridgehead atoms. The number of aliphatic hydroxyl groups excluding tert-OH is 1. The van der Waals surface area contributed by atoms with Gasteiger partial charge in [-0.3, -0.25) is 9.78 Å². The van der Waals surface area contributed by atoms with E-state index < -0.39 is 11.7 Å². The Labute approximate surface area is 196 Å². The van der Waals surface area contributed by atoms with Crippen LogP contribution in [-0.4, -0.2) is 44.2 Å². The molecule has 2 heterocycles. The van der Waals surface area contributed by atoms with Crippen molar-refractivity contribution in [2.24, 2.45) is 17.8 Å². The summed E-state index contributed by atoms with van der Waals surface area (Å²) in [5, 5.41) is 20.7. The van der Waals surface area contributed by atoms with E-state index in [4.69, 9.17) is 23.2 Å². The second kappa shape index (κ2) is 9.94. The Kier molecular flexibility index (Phi) is 7.94. The molecule has 0 radical (unpaired) electrons. The van der Waals surface area contributed by atoms with Crippen molar-refractivity contribution in [3.8, 4) is 0 Å². The van der Waals surface area contributed by atoms with Gasteiger partial charge in [0.2, 0.25) is 5.91 Å². The van der Waals surface area contributed by atoms with Crippen molar-refractivity contribution >= 4 is 29.1 Å². The van der Waals surface area contributed by atoms with Crippen molar-refractivity contribution in [2.45, 2.75) is 90.4 Å². The zero-order chi connectivity index (χ0) is 22.9. The Balaban J connectivity index is 1.71. The number of fused-ring (bicyclic) bond motifs is 1. The molecule has 1 amide bonds. The van der Waals surface area contributed by atoms with Crippen LogP contribution in [0.3, 0.4) is 0 Å². The van der Waals surface area contributed by atoms with Gasteiger partial charge in [-0.05, 0) is 71.1 Å². The van der Waals surface area contributed by atoms with Crippen molar-refractivity contribution in [3.63, 3.8) is 0 Å². The summed E-state index contributed by atoms with van der Waals surface area (Å²) in [5.74, 6) is 1.76. The van der Waals surface area contributed by atoms with Gasteiger partial charge in [-0.25, -0.2) is 0 Å². The van der Waals surface area contributed by atoms with Gasteiger partial charge in [0, 0.05) is 24.3 Å². The fraction of sp³-hybridized carbons (Fsp3) is 0.750. The Hall–Kier alpha value is -0.880. The van der Waals surface area contributed by atoms with Gasteiger partial charge in [0.05, 0.1) is 33.9 Å². The van der Waals surface area contributed by atoms with Gasteiger partial charge in [-0.2, -0.15) is 0 Å². The van der Waals surface area contributed by atoms with E-state index in [1.807, 2.05) is 18.7 Å². The average Bonchev–Trinajstić information content (AvgIpc) is 2.69. The van der Waals surface area contributed by atoms with Crippen LogP contribution in [0.15, 0.2) is 6.20 Å². The van der Waals surface area contributed by atoms with E-state index in [1.54, 1.807) is 6.92 Å². The van der Waals surface area contributed by atoms with E-state index >= 15 is 0 Å². The van der Waals surface area contributed by atoms with Crippen LogP contribution in [0.4, 0.5) is 0 Å². The van der Waals surface area contributed by atoms with Crippen molar-refractivity contribution in [2.75, 3.05) is 6.54 Å². The minimum absolute atomic E-state index is 0.0242. The lowest BCUT2D eigenvalue weighted by Gasteiger charge is -2.50. The predicted octanol–water partition coefficient (Wildman–Crippen LogP) is 5.19. The average molecular weight is 471 g/mol. The van der Waals surface area contributed by atoms with Crippen LogP contribution in [0.5, 0.6) is 0 Å². The topological polar surface area (TPSA) is 73.7 Å². The van der Waals surface area contributed by atoms with Gasteiger partial charge in [-0.1, -0.05) is 36.0 Å². The number of likely N-dealkylation sites (tertiary alicyclic amines) is 1. The van der Waals surface area contributed by atoms with E-state index in [0.29, 0.717) is 34.0 Å². The van der Waals surface area contributed by atoms with E-state index in [2.05, 4.69) is 11.9 Å². The molecule has 31 heavy (non-hydrogen) atoms. The predicted molar refractivity (Wildman–Crippen MR) is 124 cm³/mol. The number of pyridine rings is 1. The summed E-state index contributed by atoms with van der Waals surface area (Å²) in [5.41, 5.74) is 0.270. The summed E-state index contributed by atoms with van der Waals surface area (Å²) in [6.07, 6.45) is 7.19. The highest BCUT2D eigenvalue weighted by atomic mass is 35.5. The van der Waals surface area contributed by atoms with E-state index in [0.717, 1.165) is 32.2 Å². The number of amides is 1. The highest BCUT2D eigenvalue weighted by molar-refractivity contribution is 6.36. The number of hydrogen-bond donors (Lipinski definition) is 2. The third kappa shape index (κ3) is 5.73. The lowest BCUT2D eigenvalue weighted by molar-refractivity contribution is -0.138. The van der Waals surface area contributed by atoms with Crippen LogP contribution in [0.25, 0.3) is 0 Å². The van der Waals surface area contributed by atoms with Gasteiger partial charge in [0.15, 0.2) is 0 Å². The summed E-state index contributed by atoms with van der Waals surface area (Å²) < 4.78 is 0. The van der Waals surface area contributed by atoms with E-state index in [1.165, 1.54) is 19.0 Å². The summed E-state index contributed by atoms with van der Waals surface area (Å²) in [6, 6.07) is 0.173. The number of halogens is 2. The third-order valence-corrected chi connectivity index (χ3v) is 8.10. The molecule has 5 atom stereocenters. The normalized spacial score (nSPS) is 27.7. The number of carbonyl (C=O) groups is 1. The zero-order valence-electron chi connectivity index (χ0n) is 19.1. The standard InChI is InChI=1S/C24H36Cl2N2O3/c1-14-17-7-5-6-16(8-10-24(3,4)31)18(17)9-11-28(14)21(30)12-19-20(25)13-27-23(15(2)29)22(19)26/h13-18,29,31H,5-12H2,1-4H3. The maximum absolute atomic E-state index is 13.3. The van der Waals surface area contributed by atoms with Gasteiger partial charge in [0.1, 0.15) is 0 Å². The van der Waals surface area contributed by atoms with Crippen molar-refractivity contribution in [3.05, 3.63) is 27.5 Å². The van der Waals surface area contributed by atoms with Crippen LogP contribution < -0.4 is 0 Å². The summed E-state index contributed by atoms with van der Waals surface area (Å²) >= 11 is 12.7. The number of rotatable bonds is 6. The Morgan fingerprint density at radius 1 is 1.29 bits per heavy atom. The summed E-state index contributed by atoms with van der Waals surface area (Å²) in [6.45, 7) is 8.27. The molecule has 0 spiro atoms. The summed E-state index contributed by atoms with van der Waals surface area (Å²) in [7, 11) is 0. The number of aromatic nitrogens is 1. The molecular formula is C24H36Cl2N2O3.